The molecule has 0 saturated heterocycles. The Morgan fingerprint density at radius 3 is 2.57 bits per heavy atom. The van der Waals surface area contributed by atoms with Crippen LogP contribution in [0.15, 0.2) is 23.6 Å². The zero-order valence-electron chi connectivity index (χ0n) is 11.1. The van der Waals surface area contributed by atoms with E-state index in [1.165, 1.54) is 11.3 Å². The van der Waals surface area contributed by atoms with Crippen LogP contribution in [0.5, 0.6) is 0 Å². The quantitative estimate of drug-likeness (QED) is 0.853. The van der Waals surface area contributed by atoms with Crippen LogP contribution in [0, 0.1) is 0 Å². The normalized spacial score (nSPS) is 17.0. The summed E-state index contributed by atoms with van der Waals surface area (Å²) in [4.78, 5) is 15.4. The lowest BCUT2D eigenvalue weighted by Gasteiger charge is -2.28. The van der Waals surface area contributed by atoms with Gasteiger partial charge in [0.15, 0.2) is 5.69 Å². The standard InChI is InChI=1S/C15H13Cl2NO2S/c16-9-3-4-10(11(17)7-9)15(5-1-2-6-15)14-18-12(8-21-14)13(19)20/h3-4,7-8H,1-2,5-6H2,(H,19,20). The van der Waals surface area contributed by atoms with Crippen LogP contribution in [0.3, 0.4) is 0 Å². The second-order valence-electron chi connectivity index (χ2n) is 5.26. The number of thiazole rings is 1. The third kappa shape index (κ3) is 2.56. The monoisotopic (exact) mass is 341 g/mol. The summed E-state index contributed by atoms with van der Waals surface area (Å²) in [5.74, 6) is -0.993. The predicted octanol–water partition coefficient (Wildman–Crippen LogP) is 5.01. The Hall–Kier alpha value is -1.10. The highest BCUT2D eigenvalue weighted by Gasteiger charge is 2.41. The van der Waals surface area contributed by atoms with E-state index < -0.39 is 5.97 Å². The second-order valence-corrected chi connectivity index (χ2v) is 6.96. The Kier molecular flexibility index (Phi) is 3.95. The fraction of sp³-hybridized carbons (Fsp3) is 0.333. The number of nitrogens with zero attached hydrogens (tertiary/aromatic N) is 1. The van der Waals surface area contributed by atoms with E-state index in [2.05, 4.69) is 4.98 Å². The van der Waals surface area contributed by atoms with Gasteiger partial charge in [-0.05, 0) is 30.5 Å². The van der Waals surface area contributed by atoms with Crippen LogP contribution in [-0.4, -0.2) is 16.1 Å². The number of hydrogen-bond acceptors (Lipinski definition) is 3. The van der Waals surface area contributed by atoms with Crippen molar-refractivity contribution in [1.82, 2.24) is 4.98 Å². The summed E-state index contributed by atoms with van der Waals surface area (Å²) >= 11 is 13.8. The SMILES string of the molecule is O=C(O)c1csc(C2(c3ccc(Cl)cc3Cl)CCCC2)n1. The summed E-state index contributed by atoms with van der Waals surface area (Å²) in [6.07, 6.45) is 4.03. The van der Waals surface area contributed by atoms with E-state index in [9.17, 15) is 4.79 Å². The molecule has 2 aromatic rings. The summed E-state index contributed by atoms with van der Waals surface area (Å²) in [6.45, 7) is 0. The van der Waals surface area contributed by atoms with Crippen LogP contribution < -0.4 is 0 Å². The zero-order valence-corrected chi connectivity index (χ0v) is 13.4. The number of aromatic carboxylic acids is 1. The molecule has 1 aliphatic rings. The molecular formula is C15H13Cl2NO2S. The van der Waals surface area contributed by atoms with Gasteiger partial charge in [0.1, 0.15) is 5.01 Å². The maximum Gasteiger partial charge on any atom is 0.355 e. The van der Waals surface area contributed by atoms with E-state index in [0.29, 0.717) is 10.0 Å². The second kappa shape index (κ2) is 5.59. The maximum absolute atomic E-state index is 11.1. The van der Waals surface area contributed by atoms with Crippen molar-refractivity contribution in [3.63, 3.8) is 0 Å². The fourth-order valence-corrected chi connectivity index (χ4v) is 4.70. The number of carbonyl (C=O) groups is 1. The molecule has 0 amide bonds. The van der Waals surface area contributed by atoms with Crippen molar-refractivity contribution in [2.45, 2.75) is 31.1 Å². The minimum absolute atomic E-state index is 0.103. The molecule has 0 aliphatic heterocycles. The van der Waals surface area contributed by atoms with Crippen molar-refractivity contribution >= 4 is 40.5 Å². The van der Waals surface area contributed by atoms with E-state index in [4.69, 9.17) is 28.3 Å². The molecule has 21 heavy (non-hydrogen) atoms. The topological polar surface area (TPSA) is 50.2 Å². The molecule has 1 heterocycles. The molecule has 1 aromatic carbocycles. The Morgan fingerprint density at radius 1 is 1.29 bits per heavy atom. The third-order valence-electron chi connectivity index (χ3n) is 4.04. The highest BCUT2D eigenvalue weighted by atomic mass is 35.5. The van der Waals surface area contributed by atoms with Crippen molar-refractivity contribution in [3.05, 3.63) is 49.9 Å². The van der Waals surface area contributed by atoms with Gasteiger partial charge < -0.3 is 5.11 Å². The highest BCUT2D eigenvalue weighted by Crippen LogP contribution is 2.49. The predicted molar refractivity (Wildman–Crippen MR) is 84.8 cm³/mol. The summed E-state index contributed by atoms with van der Waals surface area (Å²) in [5.41, 5.74) is 0.823. The van der Waals surface area contributed by atoms with Gasteiger partial charge in [-0.2, -0.15) is 0 Å². The third-order valence-corrected chi connectivity index (χ3v) is 5.63. The number of halogens is 2. The molecule has 110 valence electrons. The number of carboxylic acids is 1. The Bertz CT molecular complexity index is 693. The minimum Gasteiger partial charge on any atom is -0.476 e. The van der Waals surface area contributed by atoms with Gasteiger partial charge in [0, 0.05) is 20.8 Å². The maximum atomic E-state index is 11.1. The Morgan fingerprint density at radius 2 is 2.00 bits per heavy atom. The van der Waals surface area contributed by atoms with E-state index in [0.717, 1.165) is 36.3 Å². The molecule has 0 spiro atoms. The van der Waals surface area contributed by atoms with Crippen LogP contribution in [0.1, 0.15) is 46.7 Å². The fourth-order valence-electron chi connectivity index (χ4n) is 3.05. The van der Waals surface area contributed by atoms with Gasteiger partial charge in [-0.15, -0.1) is 11.3 Å². The van der Waals surface area contributed by atoms with Gasteiger partial charge in [0.25, 0.3) is 0 Å². The van der Waals surface area contributed by atoms with E-state index in [1.54, 1.807) is 11.4 Å². The lowest BCUT2D eigenvalue weighted by atomic mass is 9.79. The van der Waals surface area contributed by atoms with Gasteiger partial charge in [-0.1, -0.05) is 42.1 Å². The molecule has 1 saturated carbocycles. The van der Waals surface area contributed by atoms with Crippen LogP contribution in [0.2, 0.25) is 10.0 Å². The molecular weight excluding hydrogens is 329 g/mol. The molecule has 0 radical (unpaired) electrons. The van der Waals surface area contributed by atoms with Crippen molar-refractivity contribution < 1.29 is 9.90 Å². The molecule has 1 aromatic heterocycles. The van der Waals surface area contributed by atoms with E-state index in [-0.39, 0.29) is 11.1 Å². The number of hydrogen-bond donors (Lipinski definition) is 1. The molecule has 0 atom stereocenters. The van der Waals surface area contributed by atoms with Crippen molar-refractivity contribution in [1.29, 1.82) is 0 Å². The summed E-state index contributed by atoms with van der Waals surface area (Å²) in [7, 11) is 0. The zero-order chi connectivity index (χ0) is 15.0. The first-order valence-corrected chi connectivity index (χ1v) is 8.31. The lowest BCUT2D eigenvalue weighted by molar-refractivity contribution is 0.0691. The van der Waals surface area contributed by atoms with Crippen molar-refractivity contribution in [2.24, 2.45) is 0 Å². The molecule has 1 N–H and O–H groups in total. The van der Waals surface area contributed by atoms with Crippen molar-refractivity contribution in [2.75, 3.05) is 0 Å². The van der Waals surface area contributed by atoms with Crippen molar-refractivity contribution in [3.8, 4) is 0 Å². The van der Waals surface area contributed by atoms with Gasteiger partial charge in [-0.3, -0.25) is 0 Å². The lowest BCUT2D eigenvalue weighted by Crippen LogP contribution is -2.24. The van der Waals surface area contributed by atoms with Crippen LogP contribution in [0.25, 0.3) is 0 Å². The first kappa shape index (κ1) is 14.8. The molecule has 0 bridgehead atoms. The number of benzene rings is 1. The summed E-state index contributed by atoms with van der Waals surface area (Å²) in [5, 5.41) is 12.7. The average Bonchev–Trinajstić information content (AvgIpc) is 3.08. The number of aromatic nitrogens is 1. The smallest absolute Gasteiger partial charge is 0.355 e. The average molecular weight is 342 g/mol. The number of rotatable bonds is 3. The highest BCUT2D eigenvalue weighted by molar-refractivity contribution is 7.10. The summed E-state index contributed by atoms with van der Waals surface area (Å²) in [6, 6.07) is 5.51. The first-order chi connectivity index (χ1) is 10.0. The number of carboxylic acid groups (broad SMARTS) is 1. The van der Waals surface area contributed by atoms with Gasteiger partial charge in [-0.25, -0.2) is 9.78 Å². The molecule has 1 aliphatic carbocycles. The minimum atomic E-state index is -0.993. The first-order valence-electron chi connectivity index (χ1n) is 6.68. The van der Waals surface area contributed by atoms with Gasteiger partial charge >= 0.3 is 5.97 Å². The van der Waals surface area contributed by atoms with Crippen LogP contribution >= 0.6 is 34.5 Å². The van der Waals surface area contributed by atoms with Crippen LogP contribution in [0.4, 0.5) is 0 Å². The molecule has 6 heteroatoms. The Labute approximate surface area is 136 Å². The molecule has 3 rings (SSSR count). The van der Waals surface area contributed by atoms with E-state index in [1.807, 2.05) is 12.1 Å². The molecule has 3 nitrogen and oxygen atoms in total. The molecule has 0 unspecified atom stereocenters. The largest absolute Gasteiger partial charge is 0.476 e. The molecule has 1 fully saturated rings. The summed E-state index contributed by atoms with van der Waals surface area (Å²) < 4.78 is 0. The van der Waals surface area contributed by atoms with Gasteiger partial charge in [0.2, 0.25) is 0 Å². The van der Waals surface area contributed by atoms with Gasteiger partial charge in [0.05, 0.1) is 0 Å². The Balaban J connectivity index is 2.12. The van der Waals surface area contributed by atoms with E-state index >= 15 is 0 Å². The van der Waals surface area contributed by atoms with Crippen LogP contribution in [-0.2, 0) is 5.41 Å².